The van der Waals surface area contributed by atoms with Gasteiger partial charge in [-0.05, 0) is 60.9 Å². The maximum absolute atomic E-state index is 13.1. The van der Waals surface area contributed by atoms with E-state index in [0.717, 1.165) is 34.7 Å². The molecule has 0 fully saturated rings. The molecular formula is C27H25ClN4O4S. The molecule has 190 valence electrons. The van der Waals surface area contributed by atoms with Gasteiger partial charge in [-0.15, -0.1) is 11.8 Å². The van der Waals surface area contributed by atoms with Crippen LogP contribution in [0.3, 0.4) is 0 Å². The quantitative estimate of drug-likeness (QED) is 0.241. The van der Waals surface area contributed by atoms with E-state index in [1.807, 2.05) is 37.3 Å². The molecule has 0 saturated carbocycles. The van der Waals surface area contributed by atoms with E-state index in [1.54, 1.807) is 53.1 Å². The fourth-order valence-electron chi connectivity index (χ4n) is 3.86. The van der Waals surface area contributed by atoms with E-state index in [4.69, 9.17) is 16.7 Å². The van der Waals surface area contributed by atoms with Gasteiger partial charge in [0.1, 0.15) is 0 Å². The third-order valence-electron chi connectivity index (χ3n) is 5.66. The second-order valence-electron chi connectivity index (χ2n) is 8.24. The summed E-state index contributed by atoms with van der Waals surface area (Å²) >= 11 is 7.71. The fourth-order valence-corrected chi connectivity index (χ4v) is 4.98. The van der Waals surface area contributed by atoms with Gasteiger partial charge < -0.3 is 15.3 Å². The van der Waals surface area contributed by atoms with Crippen molar-refractivity contribution in [1.82, 2.24) is 5.43 Å². The first-order valence-corrected chi connectivity index (χ1v) is 13.0. The van der Waals surface area contributed by atoms with E-state index in [9.17, 15) is 14.4 Å². The first-order chi connectivity index (χ1) is 17.9. The molecule has 1 aliphatic heterocycles. The summed E-state index contributed by atoms with van der Waals surface area (Å²) < 4.78 is 0. The van der Waals surface area contributed by atoms with Crippen LogP contribution in [-0.2, 0) is 11.2 Å². The summed E-state index contributed by atoms with van der Waals surface area (Å²) in [7, 11) is 0. The summed E-state index contributed by atoms with van der Waals surface area (Å²) in [4.78, 5) is 39.2. The van der Waals surface area contributed by atoms with Gasteiger partial charge >= 0.3 is 12.0 Å². The smallest absolute Gasteiger partial charge is 0.339 e. The standard InChI is InChI=1S/C27H25ClN4O4S/c1-2-14-32-23-12-11-19(37-15-13-17-7-9-18(10-8-17)26(34)35)16-20(23)24(25(32)33)30-31-27(36)29-22-6-4-3-5-21(22)28/h3-12,16H,2,13-15H2,1H3,(H,34,35)(H2,29,31,36). The first-order valence-electron chi connectivity index (χ1n) is 11.7. The number of fused-ring (bicyclic) bond motifs is 1. The van der Waals surface area contributed by atoms with Crippen molar-refractivity contribution in [2.45, 2.75) is 24.7 Å². The first kappa shape index (κ1) is 26.2. The van der Waals surface area contributed by atoms with Crippen molar-refractivity contribution in [3.63, 3.8) is 0 Å². The molecule has 0 aromatic heterocycles. The van der Waals surface area contributed by atoms with Gasteiger partial charge in [0.15, 0.2) is 5.71 Å². The van der Waals surface area contributed by atoms with Gasteiger partial charge in [0.2, 0.25) is 0 Å². The molecule has 4 rings (SSSR count). The molecule has 0 bridgehead atoms. The van der Waals surface area contributed by atoms with Crippen LogP contribution in [0.5, 0.6) is 0 Å². The monoisotopic (exact) mass is 536 g/mol. The SMILES string of the molecule is CCCN1C(=O)C(=NNC(=O)Nc2ccccc2Cl)c2cc(SCCc3ccc(C(=O)O)cc3)ccc21. The topological polar surface area (TPSA) is 111 Å². The largest absolute Gasteiger partial charge is 0.478 e. The van der Waals surface area contributed by atoms with Crippen LogP contribution in [0.4, 0.5) is 16.2 Å². The van der Waals surface area contributed by atoms with Crippen molar-refractivity contribution in [1.29, 1.82) is 0 Å². The number of urea groups is 1. The van der Waals surface area contributed by atoms with Crippen molar-refractivity contribution in [3.8, 4) is 0 Å². The molecule has 0 saturated heterocycles. The number of anilines is 2. The number of benzene rings is 3. The highest BCUT2D eigenvalue weighted by molar-refractivity contribution is 7.99. The lowest BCUT2D eigenvalue weighted by Crippen LogP contribution is -2.33. The van der Waals surface area contributed by atoms with Gasteiger partial charge in [0.05, 0.1) is 22.0 Å². The maximum atomic E-state index is 13.1. The maximum Gasteiger partial charge on any atom is 0.339 e. The molecule has 3 amide bonds. The molecule has 1 aliphatic rings. The third kappa shape index (κ3) is 6.31. The van der Waals surface area contributed by atoms with Crippen LogP contribution in [0.15, 0.2) is 76.7 Å². The van der Waals surface area contributed by atoms with Crippen molar-refractivity contribution >= 4 is 58.4 Å². The number of carbonyl (C=O) groups excluding carboxylic acids is 2. The number of aromatic carboxylic acids is 1. The Balaban J connectivity index is 1.47. The highest BCUT2D eigenvalue weighted by Gasteiger charge is 2.34. The molecule has 0 atom stereocenters. The molecule has 0 radical (unpaired) electrons. The molecule has 0 spiro atoms. The van der Waals surface area contributed by atoms with Crippen LogP contribution < -0.4 is 15.6 Å². The number of halogens is 1. The number of aryl methyl sites for hydroxylation is 1. The van der Waals surface area contributed by atoms with E-state index in [2.05, 4.69) is 15.8 Å². The molecule has 37 heavy (non-hydrogen) atoms. The highest BCUT2D eigenvalue weighted by atomic mass is 35.5. The third-order valence-corrected chi connectivity index (χ3v) is 6.99. The Morgan fingerprint density at radius 2 is 1.84 bits per heavy atom. The summed E-state index contributed by atoms with van der Waals surface area (Å²) in [5.74, 6) is -0.447. The highest BCUT2D eigenvalue weighted by Crippen LogP contribution is 2.33. The minimum atomic E-state index is -0.945. The number of rotatable bonds is 9. The number of hydrogen-bond donors (Lipinski definition) is 3. The minimum Gasteiger partial charge on any atom is -0.478 e. The fraction of sp³-hybridized carbons (Fsp3) is 0.185. The summed E-state index contributed by atoms with van der Waals surface area (Å²) in [6, 6.07) is 18.8. The number of nitrogens with zero attached hydrogens (tertiary/aromatic N) is 2. The lowest BCUT2D eigenvalue weighted by Gasteiger charge is -2.15. The van der Waals surface area contributed by atoms with Gasteiger partial charge in [0.25, 0.3) is 5.91 Å². The van der Waals surface area contributed by atoms with E-state index in [-0.39, 0.29) is 17.2 Å². The van der Waals surface area contributed by atoms with E-state index in [1.165, 1.54) is 0 Å². The number of para-hydroxylation sites is 1. The molecule has 10 heteroatoms. The Bertz CT molecular complexity index is 1360. The van der Waals surface area contributed by atoms with Crippen LogP contribution >= 0.6 is 23.4 Å². The average molecular weight is 537 g/mol. The van der Waals surface area contributed by atoms with Crippen LogP contribution in [-0.4, -0.2) is 41.0 Å². The van der Waals surface area contributed by atoms with Gasteiger partial charge in [-0.1, -0.05) is 42.8 Å². The van der Waals surface area contributed by atoms with Crippen LogP contribution in [0.25, 0.3) is 0 Å². The molecule has 3 aromatic rings. The van der Waals surface area contributed by atoms with Crippen molar-refractivity contribution in [3.05, 3.63) is 88.4 Å². The predicted molar refractivity (Wildman–Crippen MR) is 147 cm³/mol. The normalized spacial score (nSPS) is 13.5. The minimum absolute atomic E-state index is 0.171. The summed E-state index contributed by atoms with van der Waals surface area (Å²) in [5.41, 5.74) is 5.74. The number of hydrogen-bond acceptors (Lipinski definition) is 5. The zero-order valence-electron chi connectivity index (χ0n) is 20.0. The zero-order chi connectivity index (χ0) is 26.4. The van der Waals surface area contributed by atoms with E-state index < -0.39 is 12.0 Å². The summed E-state index contributed by atoms with van der Waals surface area (Å²) in [6.07, 6.45) is 1.53. The number of nitrogens with one attached hydrogen (secondary N) is 2. The van der Waals surface area contributed by atoms with Gasteiger partial charge in [0, 0.05) is 22.8 Å². The van der Waals surface area contributed by atoms with E-state index in [0.29, 0.717) is 22.8 Å². The molecule has 8 nitrogen and oxygen atoms in total. The number of carboxylic acid groups (broad SMARTS) is 1. The lowest BCUT2D eigenvalue weighted by molar-refractivity contribution is -0.112. The van der Waals surface area contributed by atoms with Crippen LogP contribution in [0.2, 0.25) is 5.02 Å². The van der Waals surface area contributed by atoms with E-state index >= 15 is 0 Å². The Hall–Kier alpha value is -3.82. The molecule has 3 aromatic carbocycles. The second kappa shape index (κ2) is 11.9. The Kier molecular flexibility index (Phi) is 8.47. The Morgan fingerprint density at radius 1 is 1.08 bits per heavy atom. The van der Waals surface area contributed by atoms with Gasteiger partial charge in [-0.2, -0.15) is 5.10 Å². The van der Waals surface area contributed by atoms with Crippen LogP contribution in [0, 0.1) is 0 Å². The molecule has 1 heterocycles. The Morgan fingerprint density at radius 3 is 2.54 bits per heavy atom. The second-order valence-corrected chi connectivity index (χ2v) is 9.82. The van der Waals surface area contributed by atoms with Crippen molar-refractivity contribution in [2.75, 3.05) is 22.5 Å². The number of carboxylic acids is 1. The summed E-state index contributed by atoms with van der Waals surface area (Å²) in [6.45, 7) is 2.53. The Labute approximate surface area is 223 Å². The number of amides is 3. The van der Waals surface area contributed by atoms with Crippen molar-refractivity contribution < 1.29 is 19.5 Å². The predicted octanol–water partition coefficient (Wildman–Crippen LogP) is 5.66. The number of thioether (sulfide) groups is 1. The van der Waals surface area contributed by atoms with Gasteiger partial charge in [-0.25, -0.2) is 15.0 Å². The molecule has 0 aliphatic carbocycles. The van der Waals surface area contributed by atoms with Gasteiger partial charge in [-0.3, -0.25) is 4.79 Å². The molecular weight excluding hydrogens is 512 g/mol. The number of hydrazone groups is 1. The van der Waals surface area contributed by atoms with Crippen molar-refractivity contribution in [2.24, 2.45) is 5.10 Å². The lowest BCUT2D eigenvalue weighted by atomic mass is 10.1. The molecule has 0 unspecified atom stereocenters. The number of carbonyl (C=O) groups is 3. The average Bonchev–Trinajstić information content (AvgIpc) is 3.14. The van der Waals surface area contributed by atoms with Crippen LogP contribution in [0.1, 0.15) is 34.8 Å². The summed E-state index contributed by atoms with van der Waals surface area (Å²) in [5, 5.41) is 16.2. The molecule has 3 N–H and O–H groups in total. The zero-order valence-corrected chi connectivity index (χ0v) is 21.6.